The highest BCUT2D eigenvalue weighted by molar-refractivity contribution is 9.10. The van der Waals surface area contributed by atoms with Crippen LogP contribution in [0.4, 0.5) is 10.5 Å². The number of anilines is 1. The molecule has 0 bridgehead atoms. The van der Waals surface area contributed by atoms with E-state index in [1.54, 1.807) is 24.4 Å². The number of nitrogens with one attached hydrogen (secondary N) is 2. The monoisotopic (exact) mass is 483 g/mol. The van der Waals surface area contributed by atoms with Gasteiger partial charge in [-0.3, -0.25) is 9.59 Å². The number of urea groups is 1. The number of aliphatic carboxylic acids is 1. The van der Waals surface area contributed by atoms with E-state index in [-0.39, 0.29) is 17.7 Å². The minimum absolute atomic E-state index is 0.102. The minimum atomic E-state index is -1.04. The van der Waals surface area contributed by atoms with Crippen LogP contribution in [0.15, 0.2) is 76.1 Å². The van der Waals surface area contributed by atoms with Gasteiger partial charge in [0.2, 0.25) is 0 Å². The molecule has 0 aliphatic heterocycles. The summed E-state index contributed by atoms with van der Waals surface area (Å²) in [6, 6.07) is 16.6. The SMILES string of the molecule is Cc1ccc(C(CC(=O)O)NC(=O)Nc2cccn(Cc3ccccc3Br)c2=O)cc1. The molecule has 8 heteroatoms. The highest BCUT2D eigenvalue weighted by atomic mass is 79.9. The van der Waals surface area contributed by atoms with Crippen molar-refractivity contribution >= 4 is 33.6 Å². The third kappa shape index (κ3) is 6.05. The largest absolute Gasteiger partial charge is 0.481 e. The molecular weight excluding hydrogens is 462 g/mol. The van der Waals surface area contributed by atoms with Gasteiger partial charge in [0.1, 0.15) is 5.69 Å². The average molecular weight is 484 g/mol. The van der Waals surface area contributed by atoms with Gasteiger partial charge in [-0.15, -0.1) is 0 Å². The number of rotatable bonds is 7. The van der Waals surface area contributed by atoms with Crippen LogP contribution in [0.25, 0.3) is 0 Å². The molecule has 3 N–H and O–H groups in total. The van der Waals surface area contributed by atoms with Gasteiger partial charge in [0.15, 0.2) is 0 Å². The predicted molar refractivity (Wildman–Crippen MR) is 122 cm³/mol. The quantitative estimate of drug-likeness (QED) is 0.466. The van der Waals surface area contributed by atoms with Crippen molar-refractivity contribution in [1.29, 1.82) is 0 Å². The fraction of sp³-hybridized carbons (Fsp3) is 0.174. The smallest absolute Gasteiger partial charge is 0.319 e. The van der Waals surface area contributed by atoms with Crippen LogP contribution >= 0.6 is 15.9 Å². The molecule has 0 spiro atoms. The number of pyridine rings is 1. The predicted octanol–water partition coefficient (Wildman–Crippen LogP) is 4.31. The molecule has 0 aliphatic carbocycles. The summed E-state index contributed by atoms with van der Waals surface area (Å²) >= 11 is 3.47. The number of carboxylic acid groups (broad SMARTS) is 1. The molecule has 0 saturated carbocycles. The number of hydrogen-bond donors (Lipinski definition) is 3. The van der Waals surface area contributed by atoms with Gasteiger partial charge in [-0.2, -0.15) is 0 Å². The van der Waals surface area contributed by atoms with Gasteiger partial charge in [0.25, 0.3) is 5.56 Å². The Morgan fingerprint density at radius 1 is 1.06 bits per heavy atom. The molecular formula is C23H22BrN3O4. The molecule has 2 amide bonds. The summed E-state index contributed by atoms with van der Waals surface area (Å²) in [5, 5.41) is 14.4. The fourth-order valence-corrected chi connectivity index (χ4v) is 3.52. The molecule has 7 nitrogen and oxygen atoms in total. The van der Waals surface area contributed by atoms with Crippen molar-refractivity contribution in [3.63, 3.8) is 0 Å². The van der Waals surface area contributed by atoms with Gasteiger partial charge in [0.05, 0.1) is 19.0 Å². The maximum absolute atomic E-state index is 12.8. The second-order valence-electron chi connectivity index (χ2n) is 7.11. The first-order valence-corrected chi connectivity index (χ1v) is 10.4. The summed E-state index contributed by atoms with van der Waals surface area (Å²) in [4.78, 5) is 36.6. The first-order valence-electron chi connectivity index (χ1n) is 9.62. The lowest BCUT2D eigenvalue weighted by atomic mass is 10.0. The first kappa shape index (κ1) is 22.3. The molecule has 1 atom stereocenters. The normalized spacial score (nSPS) is 11.5. The van der Waals surface area contributed by atoms with Crippen molar-refractivity contribution < 1.29 is 14.7 Å². The number of carbonyl (C=O) groups excluding carboxylic acids is 1. The Hall–Kier alpha value is -3.39. The Labute approximate surface area is 187 Å². The van der Waals surface area contributed by atoms with Crippen molar-refractivity contribution in [2.45, 2.75) is 25.9 Å². The van der Waals surface area contributed by atoms with E-state index in [4.69, 9.17) is 0 Å². The highest BCUT2D eigenvalue weighted by Gasteiger charge is 2.19. The van der Waals surface area contributed by atoms with Gasteiger partial charge in [-0.1, -0.05) is 64.0 Å². The van der Waals surface area contributed by atoms with E-state index in [9.17, 15) is 19.5 Å². The van der Waals surface area contributed by atoms with Crippen LogP contribution in [-0.4, -0.2) is 21.7 Å². The highest BCUT2D eigenvalue weighted by Crippen LogP contribution is 2.19. The summed E-state index contributed by atoms with van der Waals surface area (Å²) in [5.74, 6) is -1.04. The van der Waals surface area contributed by atoms with Crippen molar-refractivity contribution in [1.82, 2.24) is 9.88 Å². The number of aromatic nitrogens is 1. The van der Waals surface area contributed by atoms with Crippen LogP contribution in [0.3, 0.4) is 0 Å². The van der Waals surface area contributed by atoms with E-state index >= 15 is 0 Å². The number of hydrogen-bond acceptors (Lipinski definition) is 3. The fourth-order valence-electron chi connectivity index (χ4n) is 3.11. The number of benzene rings is 2. The van der Waals surface area contributed by atoms with Gasteiger partial charge in [-0.05, 0) is 36.2 Å². The molecule has 1 aromatic heterocycles. The molecule has 31 heavy (non-hydrogen) atoms. The zero-order valence-corrected chi connectivity index (χ0v) is 18.4. The molecule has 160 valence electrons. The second-order valence-corrected chi connectivity index (χ2v) is 7.96. The topological polar surface area (TPSA) is 100 Å². The summed E-state index contributed by atoms with van der Waals surface area (Å²) in [6.45, 7) is 2.26. The van der Waals surface area contributed by atoms with Gasteiger partial charge >= 0.3 is 12.0 Å². The van der Waals surface area contributed by atoms with E-state index < -0.39 is 18.0 Å². The van der Waals surface area contributed by atoms with Crippen LogP contribution < -0.4 is 16.2 Å². The van der Waals surface area contributed by atoms with Crippen LogP contribution in [0.2, 0.25) is 0 Å². The van der Waals surface area contributed by atoms with Gasteiger partial charge < -0.3 is 20.3 Å². The summed E-state index contributed by atoms with van der Waals surface area (Å²) in [7, 11) is 0. The third-order valence-electron chi connectivity index (χ3n) is 4.73. The van der Waals surface area contributed by atoms with Crippen LogP contribution in [0.1, 0.15) is 29.2 Å². The van der Waals surface area contributed by atoms with Gasteiger partial charge in [-0.25, -0.2) is 4.79 Å². The zero-order chi connectivity index (χ0) is 22.4. The Bertz CT molecular complexity index is 1140. The Kier molecular flexibility index (Phi) is 7.25. The molecule has 0 radical (unpaired) electrons. The third-order valence-corrected chi connectivity index (χ3v) is 5.50. The summed E-state index contributed by atoms with van der Waals surface area (Å²) in [6.07, 6.45) is 1.36. The minimum Gasteiger partial charge on any atom is -0.481 e. The average Bonchev–Trinajstić information content (AvgIpc) is 2.72. The lowest BCUT2D eigenvalue weighted by Gasteiger charge is -2.18. The van der Waals surface area contributed by atoms with E-state index in [1.165, 1.54) is 10.6 Å². The number of carboxylic acids is 1. The number of aryl methyl sites for hydroxylation is 1. The van der Waals surface area contributed by atoms with Crippen LogP contribution in [0, 0.1) is 6.92 Å². The lowest BCUT2D eigenvalue weighted by Crippen LogP contribution is -2.36. The van der Waals surface area contributed by atoms with Crippen molar-refractivity contribution in [2.75, 3.05) is 5.32 Å². The summed E-state index contributed by atoms with van der Waals surface area (Å²) < 4.78 is 2.37. The van der Waals surface area contributed by atoms with Crippen molar-refractivity contribution in [2.24, 2.45) is 0 Å². The standard InChI is InChI=1S/C23H22BrN3O4/c1-15-8-10-16(11-9-15)20(13-21(28)29)26-23(31)25-19-7-4-12-27(22(19)30)14-17-5-2-3-6-18(17)24/h2-12,20H,13-14H2,1H3,(H,28,29)(H2,25,26,31). The van der Waals surface area contributed by atoms with E-state index in [0.717, 1.165) is 15.6 Å². The number of carbonyl (C=O) groups is 2. The first-order chi connectivity index (χ1) is 14.8. The zero-order valence-electron chi connectivity index (χ0n) is 16.8. The van der Waals surface area contributed by atoms with Crippen LogP contribution in [-0.2, 0) is 11.3 Å². The molecule has 1 unspecified atom stereocenters. The molecule has 1 heterocycles. The molecule has 0 aliphatic rings. The molecule has 0 fully saturated rings. The van der Waals surface area contributed by atoms with E-state index in [1.807, 2.05) is 43.3 Å². The number of nitrogens with zero attached hydrogens (tertiary/aromatic N) is 1. The molecule has 3 aromatic rings. The molecule has 3 rings (SSSR count). The number of amides is 2. The second kappa shape index (κ2) is 10.1. The molecule has 2 aromatic carbocycles. The van der Waals surface area contributed by atoms with Crippen molar-refractivity contribution in [3.8, 4) is 0 Å². The Balaban J connectivity index is 1.76. The van der Waals surface area contributed by atoms with Gasteiger partial charge in [0, 0.05) is 10.7 Å². The Morgan fingerprint density at radius 2 is 1.77 bits per heavy atom. The maximum atomic E-state index is 12.8. The molecule has 0 saturated heterocycles. The van der Waals surface area contributed by atoms with Crippen molar-refractivity contribution in [3.05, 3.63) is 98.4 Å². The van der Waals surface area contributed by atoms with E-state index in [0.29, 0.717) is 12.1 Å². The summed E-state index contributed by atoms with van der Waals surface area (Å²) in [5.41, 5.74) is 2.36. The maximum Gasteiger partial charge on any atom is 0.319 e. The van der Waals surface area contributed by atoms with E-state index in [2.05, 4.69) is 26.6 Å². The Morgan fingerprint density at radius 3 is 2.45 bits per heavy atom. The van der Waals surface area contributed by atoms with Crippen LogP contribution in [0.5, 0.6) is 0 Å². The number of halogens is 1. The lowest BCUT2D eigenvalue weighted by molar-refractivity contribution is -0.137.